The molecule has 0 bridgehead atoms. The molecule has 2 saturated heterocycles. The van der Waals surface area contributed by atoms with Crippen LogP contribution in [0.3, 0.4) is 0 Å². The summed E-state index contributed by atoms with van der Waals surface area (Å²) < 4.78 is 5.85. The molecule has 31 heavy (non-hydrogen) atoms. The van der Waals surface area contributed by atoms with E-state index >= 15 is 0 Å². The van der Waals surface area contributed by atoms with Gasteiger partial charge in [-0.05, 0) is 43.9 Å². The maximum atomic E-state index is 13.2. The fourth-order valence-electron chi connectivity index (χ4n) is 4.52. The fourth-order valence-corrected chi connectivity index (χ4v) is 4.52. The second-order valence-corrected chi connectivity index (χ2v) is 8.28. The average Bonchev–Trinajstić information content (AvgIpc) is 3.01. The van der Waals surface area contributed by atoms with Gasteiger partial charge in [-0.2, -0.15) is 0 Å². The van der Waals surface area contributed by atoms with Gasteiger partial charge in [0.2, 0.25) is 11.8 Å². The van der Waals surface area contributed by atoms with Crippen LogP contribution in [0.2, 0.25) is 0 Å². The Balaban J connectivity index is 1.45. The van der Waals surface area contributed by atoms with Gasteiger partial charge in [-0.15, -0.1) is 0 Å². The first-order valence-electron chi connectivity index (χ1n) is 10.9. The third kappa shape index (κ3) is 4.39. The number of hydrogen-bond acceptors (Lipinski definition) is 7. The molecule has 1 atom stereocenters. The molecular formula is C22H28N4O5. The molecule has 1 aromatic rings. The second kappa shape index (κ2) is 9.25. The number of amides is 4. The van der Waals surface area contributed by atoms with Crippen molar-refractivity contribution >= 4 is 23.6 Å². The summed E-state index contributed by atoms with van der Waals surface area (Å²) in [6.45, 7) is 3.55. The number of hydrogen-bond donors (Lipinski definition) is 2. The van der Waals surface area contributed by atoms with Crippen LogP contribution in [0.1, 0.15) is 58.4 Å². The molecule has 1 aromatic carbocycles. The summed E-state index contributed by atoms with van der Waals surface area (Å²) in [4.78, 5) is 53.1. The molecular weight excluding hydrogens is 400 g/mol. The molecule has 9 heteroatoms. The Bertz CT molecular complexity index is 894. The molecule has 0 radical (unpaired) electrons. The van der Waals surface area contributed by atoms with Crippen LogP contribution in [0.25, 0.3) is 0 Å². The summed E-state index contributed by atoms with van der Waals surface area (Å²) in [6, 6.07) is 4.32. The lowest BCUT2D eigenvalue weighted by Gasteiger charge is -2.32. The highest BCUT2D eigenvalue weighted by Crippen LogP contribution is 2.31. The average molecular weight is 428 g/mol. The summed E-state index contributed by atoms with van der Waals surface area (Å²) in [5, 5.41) is 2.23. The first-order chi connectivity index (χ1) is 15.0. The van der Waals surface area contributed by atoms with Crippen LogP contribution in [0.5, 0.6) is 0 Å². The molecule has 2 fully saturated rings. The Labute approximate surface area is 180 Å². The van der Waals surface area contributed by atoms with Crippen LogP contribution >= 0.6 is 0 Å². The molecule has 4 amide bonds. The Morgan fingerprint density at radius 1 is 1.06 bits per heavy atom. The van der Waals surface area contributed by atoms with E-state index in [1.807, 2.05) is 6.07 Å². The molecule has 0 saturated carbocycles. The van der Waals surface area contributed by atoms with E-state index in [4.69, 9.17) is 10.5 Å². The molecule has 0 aromatic heterocycles. The second-order valence-electron chi connectivity index (χ2n) is 8.28. The molecule has 3 N–H and O–H groups in total. The van der Waals surface area contributed by atoms with Crippen molar-refractivity contribution in [1.29, 1.82) is 0 Å². The molecule has 0 spiro atoms. The highest BCUT2D eigenvalue weighted by Gasteiger charge is 2.45. The van der Waals surface area contributed by atoms with Gasteiger partial charge in [0.25, 0.3) is 11.8 Å². The quantitative estimate of drug-likeness (QED) is 0.477. The first kappa shape index (κ1) is 21.6. The van der Waals surface area contributed by atoms with E-state index in [-0.39, 0.29) is 24.9 Å². The van der Waals surface area contributed by atoms with Gasteiger partial charge >= 0.3 is 0 Å². The maximum absolute atomic E-state index is 13.2. The van der Waals surface area contributed by atoms with Gasteiger partial charge < -0.3 is 10.5 Å². The largest absolute Gasteiger partial charge is 0.378 e. The first-order valence-corrected chi connectivity index (χ1v) is 10.9. The van der Waals surface area contributed by atoms with Crippen LogP contribution in [-0.4, -0.2) is 71.8 Å². The van der Waals surface area contributed by atoms with E-state index in [1.165, 1.54) is 0 Å². The number of piperidine rings is 2. The highest BCUT2D eigenvalue weighted by molar-refractivity contribution is 6.24. The molecule has 1 unspecified atom stereocenters. The molecule has 3 heterocycles. The molecule has 3 aliphatic rings. The van der Waals surface area contributed by atoms with Gasteiger partial charge in [-0.1, -0.05) is 12.1 Å². The number of carbonyl (C=O) groups excluding carboxylic acids is 4. The zero-order valence-corrected chi connectivity index (χ0v) is 17.5. The minimum Gasteiger partial charge on any atom is -0.378 e. The minimum atomic E-state index is -0.945. The highest BCUT2D eigenvalue weighted by atomic mass is 16.5. The van der Waals surface area contributed by atoms with Crippen LogP contribution in [0.15, 0.2) is 18.2 Å². The van der Waals surface area contributed by atoms with Crippen LogP contribution in [-0.2, 0) is 20.9 Å². The fraction of sp³-hybridized carbons (Fsp3) is 0.545. The van der Waals surface area contributed by atoms with Crippen molar-refractivity contribution in [2.24, 2.45) is 5.73 Å². The number of imide groups is 2. The van der Waals surface area contributed by atoms with E-state index < -0.39 is 23.8 Å². The Hall–Kier alpha value is -2.62. The number of ether oxygens (including phenoxy) is 1. The van der Waals surface area contributed by atoms with E-state index in [2.05, 4.69) is 10.2 Å². The van der Waals surface area contributed by atoms with Crippen LogP contribution in [0.4, 0.5) is 0 Å². The molecule has 166 valence electrons. The predicted octanol–water partition coefficient (Wildman–Crippen LogP) is 0.418. The molecule has 9 nitrogen and oxygen atoms in total. The van der Waals surface area contributed by atoms with Gasteiger partial charge in [0, 0.05) is 32.7 Å². The Kier molecular flexibility index (Phi) is 6.45. The van der Waals surface area contributed by atoms with Crippen LogP contribution < -0.4 is 11.1 Å². The lowest BCUT2D eigenvalue weighted by molar-refractivity contribution is -0.136. The van der Waals surface area contributed by atoms with Gasteiger partial charge in [-0.25, -0.2) is 0 Å². The summed E-state index contributed by atoms with van der Waals surface area (Å²) in [7, 11) is 0. The number of carbonyl (C=O) groups is 4. The number of nitrogens with two attached hydrogens (primary N) is 1. The van der Waals surface area contributed by atoms with Crippen molar-refractivity contribution in [3.05, 3.63) is 34.9 Å². The van der Waals surface area contributed by atoms with Gasteiger partial charge in [0.05, 0.1) is 17.2 Å². The lowest BCUT2D eigenvalue weighted by atomic mass is 10.0. The van der Waals surface area contributed by atoms with Crippen molar-refractivity contribution < 1.29 is 23.9 Å². The monoisotopic (exact) mass is 428 g/mol. The number of likely N-dealkylation sites (tertiary alicyclic amines) is 1. The molecule has 3 aliphatic heterocycles. The third-order valence-corrected chi connectivity index (χ3v) is 6.18. The summed E-state index contributed by atoms with van der Waals surface area (Å²) in [5.74, 6) is -1.90. The molecule has 0 aliphatic carbocycles. The number of rotatable bonds is 7. The smallest absolute Gasteiger partial charge is 0.262 e. The van der Waals surface area contributed by atoms with Crippen LogP contribution in [0, 0.1) is 0 Å². The van der Waals surface area contributed by atoms with E-state index in [1.54, 1.807) is 12.1 Å². The lowest BCUT2D eigenvalue weighted by Crippen LogP contribution is -2.54. The van der Waals surface area contributed by atoms with Crippen molar-refractivity contribution in [2.75, 3.05) is 26.2 Å². The van der Waals surface area contributed by atoms with E-state index in [0.29, 0.717) is 30.8 Å². The van der Waals surface area contributed by atoms with Gasteiger partial charge in [-0.3, -0.25) is 34.3 Å². The Morgan fingerprint density at radius 2 is 1.84 bits per heavy atom. The van der Waals surface area contributed by atoms with Crippen molar-refractivity contribution in [3.8, 4) is 0 Å². The molecule has 4 rings (SSSR count). The van der Waals surface area contributed by atoms with E-state index in [0.717, 1.165) is 42.8 Å². The maximum Gasteiger partial charge on any atom is 0.262 e. The SMILES string of the molecule is NCCCOC1CCN(Cc2cccc3c2C(=O)N(C2CCC(=O)NC2=O)C3=O)CC1. The van der Waals surface area contributed by atoms with Crippen molar-refractivity contribution in [3.63, 3.8) is 0 Å². The zero-order chi connectivity index (χ0) is 22.0. The number of benzene rings is 1. The number of nitrogens with zero attached hydrogens (tertiary/aromatic N) is 2. The number of fused-ring (bicyclic) bond motifs is 1. The topological polar surface area (TPSA) is 122 Å². The van der Waals surface area contributed by atoms with Gasteiger partial charge in [0.15, 0.2) is 0 Å². The summed E-state index contributed by atoms with van der Waals surface area (Å²) in [6.07, 6.45) is 3.18. The number of nitrogens with one attached hydrogen (secondary N) is 1. The summed E-state index contributed by atoms with van der Waals surface area (Å²) in [5.41, 5.74) is 6.99. The third-order valence-electron chi connectivity index (χ3n) is 6.18. The van der Waals surface area contributed by atoms with Gasteiger partial charge in [0.1, 0.15) is 6.04 Å². The van der Waals surface area contributed by atoms with Crippen molar-refractivity contribution in [2.45, 2.75) is 50.8 Å². The minimum absolute atomic E-state index is 0.110. The zero-order valence-electron chi connectivity index (χ0n) is 17.5. The predicted molar refractivity (Wildman–Crippen MR) is 111 cm³/mol. The normalized spacial score (nSPS) is 22.7. The summed E-state index contributed by atoms with van der Waals surface area (Å²) >= 11 is 0. The standard InChI is InChI=1S/C22H28N4O5/c23-9-2-12-31-15-7-10-25(11-8-15)13-14-3-1-4-16-19(14)22(30)26(21(16)29)17-5-6-18(27)24-20(17)28/h1,3-4,15,17H,2,5-13,23H2,(H,24,27,28). The van der Waals surface area contributed by atoms with Crippen molar-refractivity contribution in [1.82, 2.24) is 15.1 Å². The van der Waals surface area contributed by atoms with E-state index in [9.17, 15) is 19.2 Å². The Morgan fingerprint density at radius 3 is 2.55 bits per heavy atom.